The summed E-state index contributed by atoms with van der Waals surface area (Å²) in [6.45, 7) is 4.07. The summed E-state index contributed by atoms with van der Waals surface area (Å²) in [5.41, 5.74) is 5.33. The lowest BCUT2D eigenvalue weighted by atomic mass is 9.91. The highest BCUT2D eigenvalue weighted by atomic mass is 32.2. The zero-order valence-corrected chi connectivity index (χ0v) is 12.9. The van der Waals surface area contributed by atoms with Gasteiger partial charge in [0.15, 0.2) is 0 Å². The zero-order chi connectivity index (χ0) is 14.5. The average Bonchev–Trinajstić information content (AvgIpc) is 2.28. The number of nitrogens with two attached hydrogens (primary N) is 1. The third-order valence-corrected chi connectivity index (χ3v) is 5.92. The van der Waals surface area contributed by atoms with Crippen molar-refractivity contribution in [3.63, 3.8) is 0 Å². The van der Waals surface area contributed by atoms with Gasteiger partial charge in [0.25, 0.3) is 0 Å². The van der Waals surface area contributed by atoms with Gasteiger partial charge < -0.3 is 5.73 Å². The Balaban J connectivity index is 2.66. The Kier molecular flexibility index (Phi) is 6.26. The number of amidine groups is 1. The summed E-state index contributed by atoms with van der Waals surface area (Å²) in [7, 11) is -3.24. The molecule has 1 saturated carbocycles. The second kappa shape index (κ2) is 7.24. The molecule has 0 amide bonds. The van der Waals surface area contributed by atoms with Crippen molar-refractivity contribution in [2.45, 2.75) is 58.4 Å². The van der Waals surface area contributed by atoms with Gasteiger partial charge >= 0.3 is 0 Å². The smallest absolute Gasteiger partial charge is 0.214 e. The largest absolute Gasteiger partial charge is 0.388 e. The maximum atomic E-state index is 12.5. The van der Waals surface area contributed by atoms with E-state index in [1.165, 1.54) is 10.7 Å². The SMILES string of the molecule is CC(C)N(CCC(=N)N)S(=O)(=O)CC1CCCCC1. The maximum Gasteiger partial charge on any atom is 0.214 e. The lowest BCUT2D eigenvalue weighted by molar-refractivity contribution is 0.342. The molecule has 0 atom stereocenters. The number of sulfonamides is 1. The molecule has 3 N–H and O–H groups in total. The number of hydrogen-bond acceptors (Lipinski definition) is 3. The summed E-state index contributed by atoms with van der Waals surface area (Å²) in [4.78, 5) is 0. The Morgan fingerprint density at radius 3 is 2.37 bits per heavy atom. The molecule has 5 nitrogen and oxygen atoms in total. The Hall–Kier alpha value is -0.620. The fourth-order valence-corrected chi connectivity index (χ4v) is 4.83. The maximum absolute atomic E-state index is 12.5. The van der Waals surface area contributed by atoms with Gasteiger partial charge in [-0.25, -0.2) is 8.42 Å². The molecular formula is C13H27N3O2S. The highest BCUT2D eigenvalue weighted by Crippen LogP contribution is 2.26. The number of hydrogen-bond donors (Lipinski definition) is 2. The first kappa shape index (κ1) is 16.4. The molecule has 112 valence electrons. The first-order valence-corrected chi connectivity index (χ1v) is 8.76. The predicted octanol–water partition coefficient (Wildman–Crippen LogP) is 1.93. The molecule has 1 aliphatic rings. The molecule has 0 aromatic rings. The molecule has 0 aromatic heterocycles. The molecule has 1 rings (SSSR count). The second-order valence-electron chi connectivity index (χ2n) is 5.76. The van der Waals surface area contributed by atoms with Gasteiger partial charge in [0.1, 0.15) is 0 Å². The van der Waals surface area contributed by atoms with Crippen LogP contribution in [0.2, 0.25) is 0 Å². The molecule has 1 fully saturated rings. The van der Waals surface area contributed by atoms with E-state index < -0.39 is 10.0 Å². The van der Waals surface area contributed by atoms with E-state index in [1.54, 1.807) is 0 Å². The van der Waals surface area contributed by atoms with Gasteiger partial charge in [-0.2, -0.15) is 4.31 Å². The minimum absolute atomic E-state index is 0.0403. The standard InChI is InChI=1S/C13H27N3O2S/c1-11(2)16(9-8-13(14)15)19(17,18)10-12-6-4-3-5-7-12/h11-12H,3-10H2,1-2H3,(H3,14,15). The summed E-state index contributed by atoms with van der Waals surface area (Å²) in [6.07, 6.45) is 5.89. The van der Waals surface area contributed by atoms with E-state index >= 15 is 0 Å². The van der Waals surface area contributed by atoms with Crippen LogP contribution < -0.4 is 5.73 Å². The Bertz CT molecular complexity index is 387. The van der Waals surface area contributed by atoms with Crippen LogP contribution in [0.1, 0.15) is 52.4 Å². The monoisotopic (exact) mass is 289 g/mol. The van der Waals surface area contributed by atoms with E-state index in [9.17, 15) is 8.42 Å². The summed E-state index contributed by atoms with van der Waals surface area (Å²) in [6, 6.07) is -0.0760. The molecule has 0 saturated heterocycles. The summed E-state index contributed by atoms with van der Waals surface area (Å²) < 4.78 is 26.4. The van der Waals surface area contributed by atoms with E-state index in [2.05, 4.69) is 0 Å². The van der Waals surface area contributed by atoms with E-state index in [0.717, 1.165) is 25.7 Å². The molecule has 1 aliphatic carbocycles. The normalized spacial score (nSPS) is 18.1. The van der Waals surface area contributed by atoms with Crippen molar-refractivity contribution in [3.05, 3.63) is 0 Å². The van der Waals surface area contributed by atoms with Gasteiger partial charge in [-0.3, -0.25) is 5.41 Å². The van der Waals surface area contributed by atoms with Gasteiger partial charge in [0.05, 0.1) is 11.6 Å². The lowest BCUT2D eigenvalue weighted by Gasteiger charge is -2.29. The summed E-state index contributed by atoms with van der Waals surface area (Å²) >= 11 is 0. The molecule has 0 heterocycles. The van der Waals surface area contributed by atoms with Gasteiger partial charge in [0, 0.05) is 19.0 Å². The number of nitrogens with zero attached hydrogens (tertiary/aromatic N) is 1. The van der Waals surface area contributed by atoms with Crippen molar-refractivity contribution in [2.75, 3.05) is 12.3 Å². The van der Waals surface area contributed by atoms with Gasteiger partial charge in [-0.05, 0) is 32.6 Å². The molecule has 0 unspecified atom stereocenters. The topological polar surface area (TPSA) is 87.2 Å². The van der Waals surface area contributed by atoms with Crippen LogP contribution in [0.4, 0.5) is 0 Å². The van der Waals surface area contributed by atoms with Crippen LogP contribution in [0.3, 0.4) is 0 Å². The van der Waals surface area contributed by atoms with Crippen LogP contribution in [-0.4, -0.2) is 36.9 Å². The van der Waals surface area contributed by atoms with Crippen molar-refractivity contribution in [1.82, 2.24) is 4.31 Å². The summed E-state index contributed by atoms with van der Waals surface area (Å²) in [5, 5.41) is 7.24. The first-order chi connectivity index (χ1) is 8.83. The fourth-order valence-electron chi connectivity index (χ4n) is 2.70. The van der Waals surface area contributed by atoms with Gasteiger partial charge in [-0.1, -0.05) is 19.3 Å². The zero-order valence-electron chi connectivity index (χ0n) is 12.1. The van der Waals surface area contributed by atoms with Crippen molar-refractivity contribution >= 4 is 15.9 Å². The molecule has 0 spiro atoms. The van der Waals surface area contributed by atoms with Crippen LogP contribution in [0.15, 0.2) is 0 Å². The van der Waals surface area contributed by atoms with Crippen LogP contribution >= 0.6 is 0 Å². The highest BCUT2D eigenvalue weighted by Gasteiger charge is 2.28. The van der Waals surface area contributed by atoms with E-state index in [-0.39, 0.29) is 17.6 Å². The fraction of sp³-hybridized carbons (Fsp3) is 0.923. The van der Waals surface area contributed by atoms with Crippen molar-refractivity contribution in [1.29, 1.82) is 5.41 Å². The molecule has 0 radical (unpaired) electrons. The Morgan fingerprint density at radius 1 is 1.32 bits per heavy atom. The second-order valence-corrected chi connectivity index (χ2v) is 7.73. The number of nitrogens with one attached hydrogen (secondary N) is 1. The van der Waals surface area contributed by atoms with Crippen LogP contribution in [0.25, 0.3) is 0 Å². The van der Waals surface area contributed by atoms with Crippen LogP contribution in [-0.2, 0) is 10.0 Å². The van der Waals surface area contributed by atoms with Crippen molar-refractivity contribution in [3.8, 4) is 0 Å². The van der Waals surface area contributed by atoms with E-state index in [0.29, 0.717) is 18.9 Å². The third-order valence-electron chi connectivity index (χ3n) is 3.71. The first-order valence-electron chi connectivity index (χ1n) is 7.15. The minimum Gasteiger partial charge on any atom is -0.388 e. The highest BCUT2D eigenvalue weighted by molar-refractivity contribution is 7.89. The van der Waals surface area contributed by atoms with Crippen LogP contribution in [0, 0.1) is 11.3 Å². The molecule has 0 bridgehead atoms. The predicted molar refractivity (Wildman–Crippen MR) is 78.7 cm³/mol. The Labute approximate surface area is 117 Å². The molecule has 6 heteroatoms. The van der Waals surface area contributed by atoms with Gasteiger partial charge in [0.2, 0.25) is 10.0 Å². The van der Waals surface area contributed by atoms with E-state index in [4.69, 9.17) is 11.1 Å². The molecule has 19 heavy (non-hydrogen) atoms. The summed E-state index contributed by atoms with van der Waals surface area (Å²) in [5.74, 6) is 0.596. The van der Waals surface area contributed by atoms with Crippen molar-refractivity contribution < 1.29 is 8.42 Å². The Morgan fingerprint density at radius 2 is 1.89 bits per heavy atom. The molecule has 0 aromatic carbocycles. The third kappa shape index (κ3) is 5.48. The quantitative estimate of drug-likeness (QED) is 0.554. The van der Waals surface area contributed by atoms with E-state index in [1.807, 2.05) is 13.8 Å². The minimum atomic E-state index is -3.24. The van der Waals surface area contributed by atoms with Crippen LogP contribution in [0.5, 0.6) is 0 Å². The average molecular weight is 289 g/mol. The van der Waals surface area contributed by atoms with Crippen molar-refractivity contribution in [2.24, 2.45) is 11.7 Å². The lowest BCUT2D eigenvalue weighted by Crippen LogP contribution is -2.41. The molecule has 0 aliphatic heterocycles. The van der Waals surface area contributed by atoms with Gasteiger partial charge in [-0.15, -0.1) is 0 Å². The number of rotatable bonds is 7. The molecular weight excluding hydrogens is 262 g/mol.